The van der Waals surface area contributed by atoms with E-state index >= 15 is 0 Å². The maximum Gasteiger partial charge on any atom is 0.327 e. The molecule has 37 heavy (non-hydrogen) atoms. The molecule has 0 spiro atoms. The van der Waals surface area contributed by atoms with Crippen molar-refractivity contribution < 1.29 is 9.53 Å². The molecular weight excluding hydrogens is 460 g/mol. The Kier molecular flexibility index (Phi) is 7.84. The molecule has 0 aromatic heterocycles. The second-order valence-electron chi connectivity index (χ2n) is 9.86. The molecule has 0 N–H and O–H groups in total. The fraction of sp³-hybridized carbons (Fsp3) is 0.355. The highest BCUT2D eigenvalue weighted by atomic mass is 16.5. The highest BCUT2D eigenvalue weighted by Crippen LogP contribution is 2.30. The van der Waals surface area contributed by atoms with E-state index in [0.717, 1.165) is 63.2 Å². The Bertz CT molecular complexity index is 1200. The van der Waals surface area contributed by atoms with Crippen LogP contribution in [0.4, 0.5) is 5.69 Å². The number of rotatable bonds is 6. The summed E-state index contributed by atoms with van der Waals surface area (Å²) in [5.41, 5.74) is 5.19. The van der Waals surface area contributed by atoms with E-state index in [-0.39, 0.29) is 12.0 Å². The molecule has 190 valence electrons. The van der Waals surface area contributed by atoms with E-state index in [2.05, 4.69) is 57.2 Å². The predicted octanol–water partition coefficient (Wildman–Crippen LogP) is 4.73. The van der Waals surface area contributed by atoms with Crippen molar-refractivity contribution in [2.45, 2.75) is 24.9 Å². The lowest BCUT2D eigenvalue weighted by Gasteiger charge is -2.44. The zero-order chi connectivity index (χ0) is 25.6. The third-order valence-electron chi connectivity index (χ3n) is 7.81. The summed E-state index contributed by atoms with van der Waals surface area (Å²) in [5, 5.41) is 9.03. The van der Waals surface area contributed by atoms with Gasteiger partial charge in [0, 0.05) is 51.0 Å². The van der Waals surface area contributed by atoms with Gasteiger partial charge in [-0.05, 0) is 53.8 Å². The van der Waals surface area contributed by atoms with E-state index in [0.29, 0.717) is 11.6 Å². The number of nitrogens with zero attached hydrogens (tertiary/aromatic N) is 4. The van der Waals surface area contributed by atoms with Crippen LogP contribution in [0.25, 0.3) is 11.1 Å². The van der Waals surface area contributed by atoms with Crippen molar-refractivity contribution in [3.63, 3.8) is 0 Å². The number of hydrogen-bond donors (Lipinski definition) is 0. The van der Waals surface area contributed by atoms with Crippen molar-refractivity contribution in [1.29, 1.82) is 5.26 Å². The first kappa shape index (κ1) is 25.0. The first-order valence-electron chi connectivity index (χ1n) is 13.1. The van der Waals surface area contributed by atoms with Crippen LogP contribution in [0, 0.1) is 11.3 Å². The summed E-state index contributed by atoms with van der Waals surface area (Å²) in [6, 6.07) is 28.9. The summed E-state index contributed by atoms with van der Waals surface area (Å²) in [6.45, 7) is 5.80. The van der Waals surface area contributed by atoms with Gasteiger partial charge in [-0.1, -0.05) is 54.6 Å². The van der Waals surface area contributed by atoms with Gasteiger partial charge in [0.25, 0.3) is 0 Å². The van der Waals surface area contributed by atoms with Crippen LogP contribution in [0.3, 0.4) is 0 Å². The number of carbonyl (C=O) groups is 1. The van der Waals surface area contributed by atoms with Crippen molar-refractivity contribution in [3.8, 4) is 17.2 Å². The number of benzene rings is 3. The third kappa shape index (κ3) is 5.69. The number of likely N-dealkylation sites (tertiary alicyclic amines) is 1. The molecule has 0 bridgehead atoms. The molecule has 3 aromatic rings. The van der Waals surface area contributed by atoms with Gasteiger partial charge in [0.1, 0.15) is 6.04 Å². The molecule has 2 saturated heterocycles. The molecule has 6 heteroatoms. The van der Waals surface area contributed by atoms with Crippen LogP contribution < -0.4 is 4.90 Å². The second kappa shape index (κ2) is 11.6. The molecule has 2 aliphatic heterocycles. The Morgan fingerprint density at radius 2 is 1.46 bits per heavy atom. The Balaban J connectivity index is 1.18. The summed E-state index contributed by atoms with van der Waals surface area (Å²) in [4.78, 5) is 20.2. The van der Waals surface area contributed by atoms with Crippen LogP contribution in [0.15, 0.2) is 78.9 Å². The zero-order valence-electron chi connectivity index (χ0n) is 21.4. The molecule has 3 aromatic carbocycles. The quantitative estimate of drug-likeness (QED) is 0.462. The van der Waals surface area contributed by atoms with Gasteiger partial charge >= 0.3 is 5.97 Å². The lowest BCUT2D eigenvalue weighted by Crippen LogP contribution is -2.54. The largest absolute Gasteiger partial charge is 0.468 e. The molecule has 0 saturated carbocycles. The lowest BCUT2D eigenvalue weighted by molar-refractivity contribution is -0.148. The number of anilines is 1. The SMILES string of the molecule is COC(=O)C(c1ccc(-c2ccccc2)cc1)N1CCC(N2CCN(c3ccc(C#N)cc3)CC2)CC1. The molecule has 1 atom stereocenters. The zero-order valence-corrected chi connectivity index (χ0v) is 21.4. The summed E-state index contributed by atoms with van der Waals surface area (Å²) in [5.74, 6) is -0.193. The van der Waals surface area contributed by atoms with E-state index in [1.54, 1.807) is 0 Å². The number of carbonyl (C=O) groups excluding carboxylic acids is 1. The summed E-state index contributed by atoms with van der Waals surface area (Å²) in [6.07, 6.45) is 2.10. The van der Waals surface area contributed by atoms with Gasteiger partial charge in [-0.3, -0.25) is 9.80 Å². The fourth-order valence-electron chi connectivity index (χ4n) is 5.70. The molecule has 0 radical (unpaired) electrons. The van der Waals surface area contributed by atoms with Crippen LogP contribution in [0.5, 0.6) is 0 Å². The van der Waals surface area contributed by atoms with Gasteiger partial charge in [0.05, 0.1) is 18.7 Å². The van der Waals surface area contributed by atoms with Crippen molar-refractivity contribution in [2.24, 2.45) is 0 Å². The van der Waals surface area contributed by atoms with Crippen molar-refractivity contribution in [2.75, 3.05) is 51.3 Å². The third-order valence-corrected chi connectivity index (χ3v) is 7.81. The van der Waals surface area contributed by atoms with Gasteiger partial charge < -0.3 is 9.64 Å². The predicted molar refractivity (Wildman–Crippen MR) is 146 cm³/mol. The molecule has 2 aliphatic rings. The first-order chi connectivity index (χ1) is 18.2. The van der Waals surface area contributed by atoms with E-state index in [9.17, 15) is 4.79 Å². The lowest BCUT2D eigenvalue weighted by atomic mass is 9.96. The fourth-order valence-corrected chi connectivity index (χ4v) is 5.70. The van der Waals surface area contributed by atoms with Gasteiger partial charge in [-0.25, -0.2) is 4.79 Å². The van der Waals surface area contributed by atoms with Gasteiger partial charge in [-0.2, -0.15) is 5.26 Å². The molecular formula is C31H34N4O2. The maximum absolute atomic E-state index is 12.9. The van der Waals surface area contributed by atoms with Crippen LogP contribution >= 0.6 is 0 Å². The number of esters is 1. The number of piperazine rings is 1. The Labute approximate surface area is 219 Å². The van der Waals surface area contributed by atoms with Crippen LogP contribution in [-0.2, 0) is 9.53 Å². The van der Waals surface area contributed by atoms with Crippen LogP contribution in [0.2, 0.25) is 0 Å². The molecule has 6 nitrogen and oxygen atoms in total. The number of piperidine rings is 1. The van der Waals surface area contributed by atoms with Crippen LogP contribution in [0.1, 0.15) is 30.0 Å². The van der Waals surface area contributed by atoms with E-state index < -0.39 is 0 Å². The van der Waals surface area contributed by atoms with E-state index in [4.69, 9.17) is 10.00 Å². The van der Waals surface area contributed by atoms with Crippen LogP contribution in [-0.4, -0.2) is 68.2 Å². The van der Waals surface area contributed by atoms with E-state index in [1.165, 1.54) is 18.4 Å². The highest BCUT2D eigenvalue weighted by Gasteiger charge is 2.34. The standard InChI is InChI=1S/C31H34N4O2/c1-37-31(36)30(27-11-9-26(10-12-27)25-5-3-2-4-6-25)35-17-15-29(16-18-35)34-21-19-33(20-22-34)28-13-7-24(23-32)8-14-28/h2-14,29-30H,15-22H2,1H3. The average Bonchev–Trinajstić information content (AvgIpc) is 2.98. The highest BCUT2D eigenvalue weighted by molar-refractivity contribution is 5.78. The van der Waals surface area contributed by atoms with Crippen molar-refractivity contribution in [3.05, 3.63) is 90.0 Å². The van der Waals surface area contributed by atoms with Crippen molar-refractivity contribution in [1.82, 2.24) is 9.80 Å². The molecule has 5 rings (SSSR count). The van der Waals surface area contributed by atoms with E-state index in [1.807, 2.05) is 42.5 Å². The summed E-state index contributed by atoms with van der Waals surface area (Å²) in [7, 11) is 1.48. The van der Waals surface area contributed by atoms with Gasteiger partial charge in [0.15, 0.2) is 0 Å². The maximum atomic E-state index is 12.9. The second-order valence-corrected chi connectivity index (χ2v) is 9.86. The first-order valence-corrected chi connectivity index (χ1v) is 13.1. The molecule has 0 amide bonds. The smallest absolute Gasteiger partial charge is 0.327 e. The molecule has 2 heterocycles. The number of hydrogen-bond acceptors (Lipinski definition) is 6. The molecule has 1 unspecified atom stereocenters. The monoisotopic (exact) mass is 494 g/mol. The minimum Gasteiger partial charge on any atom is -0.468 e. The Morgan fingerprint density at radius 1 is 0.838 bits per heavy atom. The van der Waals surface area contributed by atoms with Gasteiger partial charge in [-0.15, -0.1) is 0 Å². The minimum atomic E-state index is -0.371. The Hall–Kier alpha value is -3.66. The summed E-state index contributed by atoms with van der Waals surface area (Å²) < 4.78 is 5.23. The minimum absolute atomic E-state index is 0.193. The number of methoxy groups -OCH3 is 1. The topological polar surface area (TPSA) is 59.8 Å². The normalized spacial score (nSPS) is 18.2. The average molecular weight is 495 g/mol. The summed E-state index contributed by atoms with van der Waals surface area (Å²) >= 11 is 0. The number of nitriles is 1. The Morgan fingerprint density at radius 3 is 2.05 bits per heavy atom. The van der Waals surface area contributed by atoms with Gasteiger partial charge in [0.2, 0.25) is 0 Å². The number of ether oxygens (including phenoxy) is 1. The molecule has 2 fully saturated rings. The van der Waals surface area contributed by atoms with Crippen molar-refractivity contribution >= 4 is 11.7 Å². The molecule has 0 aliphatic carbocycles.